The van der Waals surface area contributed by atoms with Crippen LogP contribution in [0.1, 0.15) is 37.7 Å². The van der Waals surface area contributed by atoms with Crippen LogP contribution in [0.15, 0.2) is 35.5 Å². The second-order valence-electron chi connectivity index (χ2n) is 6.02. The number of benzene rings is 1. The summed E-state index contributed by atoms with van der Waals surface area (Å²) in [4.78, 5) is 14.9. The van der Waals surface area contributed by atoms with Gasteiger partial charge >= 0.3 is 0 Å². The molecule has 0 aromatic heterocycles. The average Bonchev–Trinajstić information content (AvgIpc) is 3.40. The summed E-state index contributed by atoms with van der Waals surface area (Å²) < 4.78 is 0. The number of amides is 1. The highest BCUT2D eigenvalue weighted by molar-refractivity contribution is 5.92. The molecular weight excluding hydrogens is 266 g/mol. The molecule has 1 aromatic carbocycles. The van der Waals surface area contributed by atoms with E-state index in [2.05, 4.69) is 5.16 Å². The third-order valence-corrected chi connectivity index (χ3v) is 4.47. The fourth-order valence-corrected chi connectivity index (χ4v) is 2.90. The van der Waals surface area contributed by atoms with Crippen molar-refractivity contribution in [3.05, 3.63) is 35.9 Å². The van der Waals surface area contributed by atoms with Gasteiger partial charge in [0.25, 0.3) is 0 Å². The summed E-state index contributed by atoms with van der Waals surface area (Å²) in [5, 5.41) is 11.6. The molecule has 112 valence electrons. The molecule has 2 fully saturated rings. The number of oxime groups is 1. The Hall–Kier alpha value is -2.04. The quantitative estimate of drug-likeness (QED) is 0.363. The predicted octanol–water partition coefficient (Wildman–Crippen LogP) is 1.85. The van der Waals surface area contributed by atoms with Crippen LogP contribution in [0.3, 0.4) is 0 Å². The van der Waals surface area contributed by atoms with Gasteiger partial charge in [-0.1, -0.05) is 35.5 Å². The Morgan fingerprint density at radius 3 is 2.52 bits per heavy atom. The van der Waals surface area contributed by atoms with E-state index in [0.29, 0.717) is 19.0 Å². The van der Waals surface area contributed by atoms with Gasteiger partial charge in [-0.3, -0.25) is 4.79 Å². The molecular formula is C16H21N3O2. The Balaban J connectivity index is 1.75. The van der Waals surface area contributed by atoms with Crippen LogP contribution in [0.25, 0.3) is 0 Å². The van der Waals surface area contributed by atoms with Gasteiger partial charge in [-0.05, 0) is 31.2 Å². The Kier molecular flexibility index (Phi) is 3.57. The SMILES string of the molecule is NC(CCN(C(=O)C1(c2ccccc2)CC1)C1CC1)=NO. The van der Waals surface area contributed by atoms with Crippen molar-refractivity contribution in [2.24, 2.45) is 10.9 Å². The molecule has 0 radical (unpaired) electrons. The smallest absolute Gasteiger partial charge is 0.233 e. The summed E-state index contributed by atoms with van der Waals surface area (Å²) in [6, 6.07) is 10.4. The van der Waals surface area contributed by atoms with Crippen molar-refractivity contribution in [2.45, 2.75) is 43.6 Å². The minimum Gasteiger partial charge on any atom is -0.409 e. The van der Waals surface area contributed by atoms with Crippen molar-refractivity contribution in [3.63, 3.8) is 0 Å². The first-order valence-electron chi connectivity index (χ1n) is 7.50. The first-order valence-corrected chi connectivity index (χ1v) is 7.50. The van der Waals surface area contributed by atoms with Gasteiger partial charge in [0, 0.05) is 19.0 Å². The fraction of sp³-hybridized carbons (Fsp3) is 0.500. The maximum atomic E-state index is 13.0. The molecule has 21 heavy (non-hydrogen) atoms. The van der Waals surface area contributed by atoms with Crippen molar-refractivity contribution in [2.75, 3.05) is 6.54 Å². The van der Waals surface area contributed by atoms with Crippen LogP contribution in [-0.2, 0) is 10.2 Å². The number of carbonyl (C=O) groups is 1. The van der Waals surface area contributed by atoms with Crippen LogP contribution in [0, 0.1) is 0 Å². The average molecular weight is 287 g/mol. The van der Waals surface area contributed by atoms with Crippen LogP contribution < -0.4 is 5.73 Å². The highest BCUT2D eigenvalue weighted by Crippen LogP contribution is 2.50. The summed E-state index contributed by atoms with van der Waals surface area (Å²) in [7, 11) is 0. The second kappa shape index (κ2) is 5.39. The Bertz CT molecular complexity index is 548. The monoisotopic (exact) mass is 287 g/mol. The van der Waals surface area contributed by atoms with E-state index in [1.807, 2.05) is 35.2 Å². The van der Waals surface area contributed by atoms with Crippen LogP contribution in [0.4, 0.5) is 0 Å². The van der Waals surface area contributed by atoms with Gasteiger partial charge in [-0.25, -0.2) is 0 Å². The lowest BCUT2D eigenvalue weighted by molar-refractivity contribution is -0.134. The third kappa shape index (κ3) is 2.73. The van der Waals surface area contributed by atoms with Crippen LogP contribution >= 0.6 is 0 Å². The van der Waals surface area contributed by atoms with E-state index in [1.54, 1.807) is 0 Å². The molecule has 0 spiro atoms. The standard InChI is InChI=1S/C16H21N3O2/c17-14(18-21)8-11-19(13-6-7-13)15(20)16(9-10-16)12-4-2-1-3-5-12/h1-5,13,21H,6-11H2,(H2,17,18). The maximum absolute atomic E-state index is 13.0. The van der Waals surface area contributed by atoms with Crippen LogP contribution in [-0.4, -0.2) is 34.4 Å². The molecule has 0 atom stereocenters. The van der Waals surface area contributed by atoms with E-state index >= 15 is 0 Å². The summed E-state index contributed by atoms with van der Waals surface area (Å²) in [5.74, 6) is 0.389. The number of rotatable bonds is 6. The normalized spacial score (nSPS) is 20.1. The molecule has 2 saturated carbocycles. The van der Waals surface area contributed by atoms with Crippen molar-refractivity contribution in [3.8, 4) is 0 Å². The molecule has 3 N–H and O–H groups in total. The van der Waals surface area contributed by atoms with Gasteiger partial charge in [0.05, 0.1) is 5.41 Å². The number of nitrogens with two attached hydrogens (primary N) is 1. The summed E-state index contributed by atoms with van der Waals surface area (Å²) in [5.41, 5.74) is 6.33. The van der Waals surface area contributed by atoms with Crippen molar-refractivity contribution in [1.29, 1.82) is 0 Å². The Morgan fingerprint density at radius 1 is 1.33 bits per heavy atom. The van der Waals surface area contributed by atoms with E-state index in [4.69, 9.17) is 10.9 Å². The number of hydrogen-bond donors (Lipinski definition) is 2. The second-order valence-corrected chi connectivity index (χ2v) is 6.02. The molecule has 0 bridgehead atoms. The molecule has 0 unspecified atom stereocenters. The number of hydrogen-bond acceptors (Lipinski definition) is 3. The van der Waals surface area contributed by atoms with Gasteiger partial charge in [0.2, 0.25) is 5.91 Å². The topological polar surface area (TPSA) is 78.9 Å². The first kappa shape index (κ1) is 13.9. The molecule has 2 aliphatic carbocycles. The van der Waals surface area contributed by atoms with E-state index < -0.39 is 0 Å². The summed E-state index contributed by atoms with van der Waals surface area (Å²) in [6.07, 6.45) is 4.38. The highest BCUT2D eigenvalue weighted by atomic mass is 16.4. The van der Waals surface area contributed by atoms with Crippen molar-refractivity contribution >= 4 is 11.7 Å². The lowest BCUT2D eigenvalue weighted by Crippen LogP contribution is -2.42. The number of carbonyl (C=O) groups excluding carboxylic acids is 1. The van der Waals surface area contributed by atoms with Gasteiger partial charge in [0.15, 0.2) is 0 Å². The molecule has 1 aromatic rings. The lowest BCUT2D eigenvalue weighted by Gasteiger charge is -2.27. The predicted molar refractivity (Wildman–Crippen MR) is 80.1 cm³/mol. The van der Waals surface area contributed by atoms with E-state index in [1.165, 1.54) is 0 Å². The summed E-state index contributed by atoms with van der Waals surface area (Å²) in [6.45, 7) is 0.536. The number of amidine groups is 1. The third-order valence-electron chi connectivity index (χ3n) is 4.47. The minimum atomic E-state index is -0.324. The molecule has 3 rings (SSSR count). The Labute approximate surface area is 124 Å². The van der Waals surface area contributed by atoms with Gasteiger partial charge in [-0.2, -0.15) is 0 Å². The molecule has 5 heteroatoms. The van der Waals surface area contributed by atoms with E-state index in [0.717, 1.165) is 31.2 Å². The molecule has 1 amide bonds. The summed E-state index contributed by atoms with van der Waals surface area (Å²) >= 11 is 0. The minimum absolute atomic E-state index is 0.179. The first-order chi connectivity index (χ1) is 10.2. The van der Waals surface area contributed by atoms with Gasteiger partial charge in [0.1, 0.15) is 5.84 Å². The van der Waals surface area contributed by atoms with Crippen molar-refractivity contribution < 1.29 is 10.0 Å². The van der Waals surface area contributed by atoms with Gasteiger partial charge < -0.3 is 15.8 Å². The molecule has 0 heterocycles. The zero-order valence-corrected chi connectivity index (χ0v) is 12.0. The molecule has 0 aliphatic heterocycles. The van der Waals surface area contributed by atoms with Crippen LogP contribution in [0.2, 0.25) is 0 Å². The molecule has 2 aliphatic rings. The Morgan fingerprint density at radius 2 is 2.00 bits per heavy atom. The van der Waals surface area contributed by atoms with E-state index in [9.17, 15) is 4.79 Å². The maximum Gasteiger partial charge on any atom is 0.233 e. The fourth-order valence-electron chi connectivity index (χ4n) is 2.90. The zero-order valence-electron chi connectivity index (χ0n) is 12.0. The molecule has 5 nitrogen and oxygen atoms in total. The lowest BCUT2D eigenvalue weighted by atomic mass is 9.94. The van der Waals surface area contributed by atoms with Crippen molar-refractivity contribution in [1.82, 2.24) is 4.90 Å². The molecule has 0 saturated heterocycles. The van der Waals surface area contributed by atoms with E-state index in [-0.39, 0.29) is 17.2 Å². The van der Waals surface area contributed by atoms with Gasteiger partial charge in [-0.15, -0.1) is 0 Å². The van der Waals surface area contributed by atoms with Crippen LogP contribution in [0.5, 0.6) is 0 Å². The zero-order chi connectivity index (χ0) is 14.9. The largest absolute Gasteiger partial charge is 0.409 e. The highest BCUT2D eigenvalue weighted by Gasteiger charge is 2.54. The number of nitrogens with zero attached hydrogens (tertiary/aromatic N) is 2.